The molecule has 0 saturated carbocycles. The summed E-state index contributed by atoms with van der Waals surface area (Å²) >= 11 is 7.79. The molecule has 2 rings (SSSR count). The van der Waals surface area contributed by atoms with E-state index in [1.807, 2.05) is 37.0 Å². The van der Waals surface area contributed by atoms with Crippen molar-refractivity contribution in [2.75, 3.05) is 12.8 Å². The Morgan fingerprint density at radius 1 is 1.05 bits per heavy atom. The largest absolute Gasteiger partial charge is 0.316 e. The lowest BCUT2D eigenvalue weighted by molar-refractivity contribution is 0.617. The number of halogens is 1. The molecule has 0 spiro atoms. The van der Waals surface area contributed by atoms with E-state index >= 15 is 0 Å². The lowest BCUT2D eigenvalue weighted by Gasteiger charge is -2.16. The quantitative estimate of drug-likeness (QED) is 0.798. The van der Waals surface area contributed by atoms with Crippen LogP contribution in [0, 0.1) is 0 Å². The maximum atomic E-state index is 5.90. The number of thioether (sulfide) groups is 1. The van der Waals surface area contributed by atoms with Crippen molar-refractivity contribution in [2.45, 2.75) is 17.4 Å². The normalized spacial score (nSPS) is 12.3. The van der Waals surface area contributed by atoms with Crippen LogP contribution in [0.1, 0.15) is 5.56 Å². The monoisotopic (exact) mass is 291 g/mol. The van der Waals surface area contributed by atoms with Gasteiger partial charge in [-0.2, -0.15) is 0 Å². The van der Waals surface area contributed by atoms with Crippen molar-refractivity contribution in [1.29, 1.82) is 0 Å². The van der Waals surface area contributed by atoms with Crippen LogP contribution in [0.15, 0.2) is 59.5 Å². The van der Waals surface area contributed by atoms with E-state index in [1.165, 1.54) is 10.5 Å². The van der Waals surface area contributed by atoms with Crippen molar-refractivity contribution >= 4 is 23.4 Å². The molecule has 0 heterocycles. The summed E-state index contributed by atoms with van der Waals surface area (Å²) < 4.78 is 0. The Morgan fingerprint density at radius 2 is 1.74 bits per heavy atom. The second-order valence-electron chi connectivity index (χ2n) is 4.44. The van der Waals surface area contributed by atoms with Gasteiger partial charge in [0.2, 0.25) is 0 Å². The summed E-state index contributed by atoms with van der Waals surface area (Å²) in [6, 6.07) is 19.1. The van der Waals surface area contributed by atoms with E-state index in [9.17, 15) is 0 Å². The fraction of sp³-hybridized carbons (Fsp3) is 0.250. The molecule has 0 aromatic heterocycles. The van der Waals surface area contributed by atoms with Gasteiger partial charge in [0, 0.05) is 21.7 Å². The SMILES string of the molecule is CNC(CSc1ccccc1)Cc1ccc(Cl)cc1. The van der Waals surface area contributed by atoms with Gasteiger partial charge in [-0.1, -0.05) is 41.9 Å². The van der Waals surface area contributed by atoms with E-state index in [1.54, 1.807) is 0 Å². The molecule has 0 saturated heterocycles. The van der Waals surface area contributed by atoms with Gasteiger partial charge in [0.1, 0.15) is 0 Å². The number of benzene rings is 2. The second kappa shape index (κ2) is 7.59. The van der Waals surface area contributed by atoms with E-state index in [0.29, 0.717) is 6.04 Å². The van der Waals surface area contributed by atoms with Gasteiger partial charge in [0.15, 0.2) is 0 Å². The zero-order valence-electron chi connectivity index (χ0n) is 11.0. The standard InChI is InChI=1S/C16H18ClNS/c1-18-15(11-13-7-9-14(17)10-8-13)12-19-16-5-3-2-4-6-16/h2-10,15,18H,11-12H2,1H3. The van der Waals surface area contributed by atoms with Gasteiger partial charge in [-0.15, -0.1) is 11.8 Å². The van der Waals surface area contributed by atoms with Gasteiger partial charge in [-0.25, -0.2) is 0 Å². The molecule has 0 radical (unpaired) electrons. The molecule has 0 aliphatic heterocycles. The second-order valence-corrected chi connectivity index (χ2v) is 5.97. The summed E-state index contributed by atoms with van der Waals surface area (Å²) in [5.74, 6) is 1.06. The van der Waals surface area contributed by atoms with E-state index in [-0.39, 0.29) is 0 Å². The Bertz CT molecular complexity index is 484. The topological polar surface area (TPSA) is 12.0 Å². The molecule has 3 heteroatoms. The molecule has 100 valence electrons. The third kappa shape index (κ3) is 4.90. The Balaban J connectivity index is 1.88. The van der Waals surface area contributed by atoms with Crippen molar-refractivity contribution in [1.82, 2.24) is 5.32 Å². The average molecular weight is 292 g/mol. The lowest BCUT2D eigenvalue weighted by atomic mass is 10.1. The van der Waals surface area contributed by atoms with Crippen LogP contribution in [-0.2, 0) is 6.42 Å². The van der Waals surface area contributed by atoms with Gasteiger partial charge < -0.3 is 5.32 Å². The smallest absolute Gasteiger partial charge is 0.0406 e. The Labute approximate surface area is 124 Å². The van der Waals surface area contributed by atoms with Gasteiger partial charge in [-0.3, -0.25) is 0 Å². The minimum atomic E-state index is 0.464. The lowest BCUT2D eigenvalue weighted by Crippen LogP contribution is -2.30. The predicted octanol–water partition coefficient (Wildman–Crippen LogP) is 4.26. The van der Waals surface area contributed by atoms with E-state index in [2.05, 4.69) is 41.7 Å². The molecule has 1 nitrogen and oxygen atoms in total. The van der Waals surface area contributed by atoms with Gasteiger partial charge in [-0.05, 0) is 43.3 Å². The number of nitrogens with one attached hydrogen (secondary N) is 1. The molecular weight excluding hydrogens is 274 g/mol. The fourth-order valence-electron chi connectivity index (χ4n) is 1.86. The minimum absolute atomic E-state index is 0.464. The fourth-order valence-corrected chi connectivity index (χ4v) is 3.02. The summed E-state index contributed by atoms with van der Waals surface area (Å²) in [6.07, 6.45) is 1.02. The van der Waals surface area contributed by atoms with Gasteiger partial charge in [0.25, 0.3) is 0 Å². The third-order valence-electron chi connectivity index (χ3n) is 3.00. The van der Waals surface area contributed by atoms with Crippen LogP contribution in [0.3, 0.4) is 0 Å². The summed E-state index contributed by atoms with van der Waals surface area (Å²) in [7, 11) is 2.02. The summed E-state index contributed by atoms with van der Waals surface area (Å²) in [5.41, 5.74) is 1.32. The van der Waals surface area contributed by atoms with Crippen LogP contribution in [0.5, 0.6) is 0 Å². The zero-order valence-corrected chi connectivity index (χ0v) is 12.5. The first kappa shape index (κ1) is 14.4. The van der Waals surface area contributed by atoms with E-state index in [0.717, 1.165) is 17.2 Å². The molecule has 1 N–H and O–H groups in total. The predicted molar refractivity (Wildman–Crippen MR) is 85.2 cm³/mol. The molecular formula is C16H18ClNS. The van der Waals surface area contributed by atoms with Crippen molar-refractivity contribution in [3.8, 4) is 0 Å². The number of rotatable bonds is 6. The maximum absolute atomic E-state index is 5.90. The molecule has 2 aromatic carbocycles. The summed E-state index contributed by atoms with van der Waals surface area (Å²) in [5, 5.41) is 4.18. The molecule has 0 aliphatic rings. The Kier molecular flexibility index (Phi) is 5.77. The highest BCUT2D eigenvalue weighted by Crippen LogP contribution is 2.19. The molecule has 0 aliphatic carbocycles. The molecule has 2 aromatic rings. The Morgan fingerprint density at radius 3 is 2.37 bits per heavy atom. The molecule has 1 atom stereocenters. The van der Waals surface area contributed by atoms with E-state index < -0.39 is 0 Å². The van der Waals surface area contributed by atoms with Crippen LogP contribution in [0.4, 0.5) is 0 Å². The summed E-state index contributed by atoms with van der Waals surface area (Å²) in [6.45, 7) is 0. The molecule has 0 amide bonds. The third-order valence-corrected chi connectivity index (χ3v) is 4.42. The van der Waals surface area contributed by atoms with Crippen molar-refractivity contribution in [3.05, 3.63) is 65.2 Å². The molecule has 1 unspecified atom stereocenters. The highest BCUT2D eigenvalue weighted by atomic mass is 35.5. The van der Waals surface area contributed by atoms with Crippen LogP contribution >= 0.6 is 23.4 Å². The zero-order chi connectivity index (χ0) is 13.5. The average Bonchev–Trinajstić information content (AvgIpc) is 2.46. The molecule has 0 bridgehead atoms. The first-order valence-corrected chi connectivity index (χ1v) is 7.74. The van der Waals surface area contributed by atoms with Crippen LogP contribution < -0.4 is 5.32 Å². The van der Waals surface area contributed by atoms with Crippen molar-refractivity contribution in [2.24, 2.45) is 0 Å². The number of hydrogen-bond donors (Lipinski definition) is 1. The highest BCUT2D eigenvalue weighted by Gasteiger charge is 2.08. The number of likely N-dealkylation sites (N-methyl/N-ethyl adjacent to an activating group) is 1. The maximum Gasteiger partial charge on any atom is 0.0406 e. The molecule has 19 heavy (non-hydrogen) atoms. The first-order chi connectivity index (χ1) is 9.28. The minimum Gasteiger partial charge on any atom is -0.316 e. The molecule has 0 fully saturated rings. The Hall–Kier alpha value is -0.960. The first-order valence-electron chi connectivity index (χ1n) is 6.37. The van der Waals surface area contributed by atoms with Gasteiger partial charge >= 0.3 is 0 Å². The van der Waals surface area contributed by atoms with Crippen LogP contribution in [0.2, 0.25) is 5.02 Å². The summed E-state index contributed by atoms with van der Waals surface area (Å²) in [4.78, 5) is 1.32. The highest BCUT2D eigenvalue weighted by molar-refractivity contribution is 7.99. The van der Waals surface area contributed by atoms with Crippen LogP contribution in [0.25, 0.3) is 0 Å². The number of hydrogen-bond acceptors (Lipinski definition) is 2. The van der Waals surface area contributed by atoms with Crippen LogP contribution in [-0.4, -0.2) is 18.8 Å². The van der Waals surface area contributed by atoms with Gasteiger partial charge in [0.05, 0.1) is 0 Å². The van der Waals surface area contributed by atoms with E-state index in [4.69, 9.17) is 11.6 Å². The van der Waals surface area contributed by atoms with Crippen molar-refractivity contribution < 1.29 is 0 Å². The van der Waals surface area contributed by atoms with Crippen molar-refractivity contribution in [3.63, 3.8) is 0 Å².